The first-order chi connectivity index (χ1) is 12.2. The monoisotopic (exact) mass is 353 g/mol. The predicted molar refractivity (Wildman–Crippen MR) is 98.1 cm³/mol. The van der Waals surface area contributed by atoms with Crippen molar-refractivity contribution in [2.75, 3.05) is 13.1 Å². The highest BCUT2D eigenvalue weighted by molar-refractivity contribution is 7.15. The fourth-order valence-electron chi connectivity index (χ4n) is 3.39. The number of carbonyl (C=O) groups excluding carboxylic acids is 1. The SMILES string of the molecule is O=C(c1ccccc1)C1CCN(Cc2cc(=O)n3ccsc3n2)CC1. The maximum absolute atomic E-state index is 12.6. The van der Waals surface area contributed by atoms with Crippen LogP contribution in [0, 0.1) is 5.92 Å². The minimum Gasteiger partial charge on any atom is -0.297 e. The zero-order valence-corrected chi connectivity index (χ0v) is 14.6. The van der Waals surface area contributed by atoms with Crippen molar-refractivity contribution < 1.29 is 4.79 Å². The highest BCUT2D eigenvalue weighted by atomic mass is 32.1. The molecule has 128 valence electrons. The molecule has 0 amide bonds. The van der Waals surface area contributed by atoms with Crippen LogP contribution >= 0.6 is 11.3 Å². The molecule has 0 N–H and O–H groups in total. The summed E-state index contributed by atoms with van der Waals surface area (Å²) in [7, 11) is 0. The first-order valence-corrected chi connectivity index (χ1v) is 9.36. The van der Waals surface area contributed by atoms with Crippen molar-refractivity contribution in [2.24, 2.45) is 5.92 Å². The van der Waals surface area contributed by atoms with Crippen molar-refractivity contribution in [1.82, 2.24) is 14.3 Å². The number of Topliss-reactive ketones (excluding diaryl/α,β-unsaturated/α-hetero) is 1. The average molecular weight is 353 g/mol. The Morgan fingerprint density at radius 1 is 1.20 bits per heavy atom. The lowest BCUT2D eigenvalue weighted by Gasteiger charge is -2.30. The second kappa shape index (κ2) is 6.90. The van der Waals surface area contributed by atoms with Gasteiger partial charge < -0.3 is 0 Å². The van der Waals surface area contributed by atoms with E-state index in [-0.39, 0.29) is 17.3 Å². The molecule has 0 radical (unpaired) electrons. The third kappa shape index (κ3) is 3.41. The van der Waals surface area contributed by atoms with Crippen LogP contribution in [-0.4, -0.2) is 33.2 Å². The largest absolute Gasteiger partial charge is 0.297 e. The van der Waals surface area contributed by atoms with Gasteiger partial charge in [-0.1, -0.05) is 30.3 Å². The molecule has 3 heterocycles. The fourth-order valence-corrected chi connectivity index (χ4v) is 4.13. The zero-order valence-electron chi connectivity index (χ0n) is 13.8. The number of aromatic nitrogens is 2. The van der Waals surface area contributed by atoms with Crippen molar-refractivity contribution in [3.8, 4) is 0 Å². The Bertz CT molecular complexity index is 940. The normalized spacial score (nSPS) is 16.3. The minimum atomic E-state index is -0.0320. The summed E-state index contributed by atoms with van der Waals surface area (Å²) in [6, 6.07) is 11.1. The summed E-state index contributed by atoms with van der Waals surface area (Å²) in [6.45, 7) is 2.37. The van der Waals surface area contributed by atoms with Crippen LogP contribution in [0.2, 0.25) is 0 Å². The van der Waals surface area contributed by atoms with E-state index in [2.05, 4.69) is 9.88 Å². The standard InChI is InChI=1S/C19H19N3O2S/c23-17-12-16(20-19-22(17)10-11-25-19)13-21-8-6-15(7-9-21)18(24)14-4-2-1-3-5-14/h1-5,10-12,15H,6-9,13H2. The van der Waals surface area contributed by atoms with E-state index in [9.17, 15) is 9.59 Å². The number of thiazole rings is 1. The number of ketones is 1. The van der Waals surface area contributed by atoms with Crippen LogP contribution < -0.4 is 5.56 Å². The smallest absolute Gasteiger partial charge is 0.258 e. The van der Waals surface area contributed by atoms with E-state index in [1.807, 2.05) is 35.7 Å². The zero-order chi connectivity index (χ0) is 17.2. The quantitative estimate of drug-likeness (QED) is 0.677. The van der Waals surface area contributed by atoms with Gasteiger partial charge in [-0.05, 0) is 25.9 Å². The molecule has 0 atom stereocenters. The van der Waals surface area contributed by atoms with Crippen LogP contribution in [0.5, 0.6) is 0 Å². The molecule has 25 heavy (non-hydrogen) atoms. The molecule has 1 saturated heterocycles. The lowest BCUT2D eigenvalue weighted by Crippen LogP contribution is -2.36. The third-order valence-corrected chi connectivity index (χ3v) is 5.52. The summed E-state index contributed by atoms with van der Waals surface area (Å²) in [5.41, 5.74) is 1.58. The van der Waals surface area contributed by atoms with Crippen LogP contribution in [0.3, 0.4) is 0 Å². The predicted octanol–water partition coefficient (Wildman–Crippen LogP) is 2.85. The molecular weight excluding hydrogens is 334 g/mol. The van der Waals surface area contributed by atoms with E-state index in [1.54, 1.807) is 16.7 Å². The molecule has 5 nitrogen and oxygen atoms in total. The van der Waals surface area contributed by atoms with E-state index in [1.165, 1.54) is 11.3 Å². The number of hydrogen-bond donors (Lipinski definition) is 0. The second-order valence-electron chi connectivity index (χ2n) is 6.42. The van der Waals surface area contributed by atoms with E-state index in [0.717, 1.165) is 42.1 Å². The fraction of sp³-hybridized carbons (Fsp3) is 0.316. The Morgan fingerprint density at radius 2 is 1.96 bits per heavy atom. The maximum atomic E-state index is 12.6. The highest BCUT2D eigenvalue weighted by Gasteiger charge is 2.26. The van der Waals surface area contributed by atoms with Crippen LogP contribution in [0.4, 0.5) is 0 Å². The van der Waals surface area contributed by atoms with Crippen molar-refractivity contribution in [1.29, 1.82) is 0 Å². The molecule has 1 aliphatic rings. The number of hydrogen-bond acceptors (Lipinski definition) is 5. The van der Waals surface area contributed by atoms with E-state index in [0.29, 0.717) is 6.54 Å². The Hall–Kier alpha value is -2.31. The van der Waals surface area contributed by atoms with Crippen molar-refractivity contribution in [2.45, 2.75) is 19.4 Å². The molecule has 0 saturated carbocycles. The van der Waals surface area contributed by atoms with Crippen LogP contribution in [0.15, 0.2) is 52.8 Å². The van der Waals surface area contributed by atoms with Crippen LogP contribution in [-0.2, 0) is 6.54 Å². The van der Waals surface area contributed by atoms with Gasteiger partial charge in [-0.2, -0.15) is 0 Å². The first kappa shape index (κ1) is 16.2. The molecule has 0 aliphatic carbocycles. The van der Waals surface area contributed by atoms with Gasteiger partial charge in [-0.3, -0.25) is 18.9 Å². The number of likely N-dealkylation sites (tertiary alicyclic amines) is 1. The third-order valence-electron chi connectivity index (χ3n) is 4.76. The molecule has 6 heteroatoms. The Morgan fingerprint density at radius 3 is 2.72 bits per heavy atom. The molecule has 1 fully saturated rings. The number of fused-ring (bicyclic) bond motifs is 1. The highest BCUT2D eigenvalue weighted by Crippen LogP contribution is 2.22. The average Bonchev–Trinajstić information content (AvgIpc) is 3.12. The van der Waals surface area contributed by atoms with Gasteiger partial charge in [0.25, 0.3) is 5.56 Å². The Labute approximate surface area is 149 Å². The molecule has 0 bridgehead atoms. The summed E-state index contributed by atoms with van der Waals surface area (Å²) in [5.74, 6) is 0.341. The minimum absolute atomic E-state index is 0.0320. The van der Waals surface area contributed by atoms with Gasteiger partial charge in [0.1, 0.15) is 0 Å². The molecule has 3 aromatic rings. The molecular formula is C19H19N3O2S. The van der Waals surface area contributed by atoms with Gasteiger partial charge in [-0.25, -0.2) is 4.98 Å². The van der Waals surface area contributed by atoms with E-state index < -0.39 is 0 Å². The molecule has 2 aromatic heterocycles. The Kier molecular flexibility index (Phi) is 4.46. The number of carbonyl (C=O) groups is 1. The van der Waals surface area contributed by atoms with Crippen molar-refractivity contribution >= 4 is 22.1 Å². The number of benzene rings is 1. The topological polar surface area (TPSA) is 54.7 Å². The van der Waals surface area contributed by atoms with Gasteiger partial charge in [0.05, 0.1) is 5.69 Å². The summed E-state index contributed by atoms with van der Waals surface area (Å²) >= 11 is 1.47. The molecule has 1 aromatic carbocycles. The van der Waals surface area contributed by atoms with Gasteiger partial charge in [0.2, 0.25) is 0 Å². The molecule has 4 rings (SSSR count). The first-order valence-electron chi connectivity index (χ1n) is 8.48. The number of nitrogens with zero attached hydrogens (tertiary/aromatic N) is 3. The van der Waals surface area contributed by atoms with Crippen molar-refractivity contribution in [3.05, 3.63) is 69.6 Å². The van der Waals surface area contributed by atoms with Crippen LogP contribution in [0.25, 0.3) is 4.96 Å². The van der Waals surface area contributed by atoms with E-state index in [4.69, 9.17) is 0 Å². The summed E-state index contributed by atoms with van der Waals surface area (Å²) < 4.78 is 1.57. The second-order valence-corrected chi connectivity index (χ2v) is 7.30. The van der Waals surface area contributed by atoms with Crippen LogP contribution in [0.1, 0.15) is 28.9 Å². The maximum Gasteiger partial charge on any atom is 0.258 e. The van der Waals surface area contributed by atoms with Gasteiger partial charge in [0, 0.05) is 35.7 Å². The lowest BCUT2D eigenvalue weighted by molar-refractivity contribution is 0.0834. The lowest BCUT2D eigenvalue weighted by atomic mass is 9.89. The van der Waals surface area contributed by atoms with Gasteiger partial charge in [0.15, 0.2) is 10.7 Å². The van der Waals surface area contributed by atoms with Crippen molar-refractivity contribution in [3.63, 3.8) is 0 Å². The van der Waals surface area contributed by atoms with Gasteiger partial charge >= 0.3 is 0 Å². The number of rotatable bonds is 4. The summed E-state index contributed by atoms with van der Waals surface area (Å²) in [4.78, 5) is 32.2. The molecule has 0 spiro atoms. The van der Waals surface area contributed by atoms with E-state index >= 15 is 0 Å². The molecule has 0 unspecified atom stereocenters. The molecule has 1 aliphatic heterocycles. The Balaban J connectivity index is 1.40. The van der Waals surface area contributed by atoms with Gasteiger partial charge in [-0.15, -0.1) is 11.3 Å². The summed E-state index contributed by atoms with van der Waals surface area (Å²) in [5, 5.41) is 1.87. The number of piperidine rings is 1. The summed E-state index contributed by atoms with van der Waals surface area (Å²) in [6.07, 6.45) is 3.46.